The van der Waals surface area contributed by atoms with E-state index in [1.807, 2.05) is 53.7 Å². The Morgan fingerprint density at radius 2 is 0.769 bits per heavy atom. The number of rotatable bonds is 1. The molecular formula is C24H38O2. The third-order valence-corrected chi connectivity index (χ3v) is 4.40. The van der Waals surface area contributed by atoms with E-state index in [-0.39, 0.29) is 0 Å². The summed E-state index contributed by atoms with van der Waals surface area (Å²) in [5.41, 5.74) is 8.02. The van der Waals surface area contributed by atoms with Crippen LogP contribution in [-0.4, -0.2) is 10.2 Å². The average Bonchev–Trinajstić information content (AvgIpc) is 2.59. The second-order valence-electron chi connectivity index (χ2n) is 7.09. The third kappa shape index (κ3) is 5.52. The van der Waals surface area contributed by atoms with Crippen molar-refractivity contribution in [1.29, 1.82) is 0 Å². The molecule has 0 fully saturated rings. The molecule has 0 bridgehead atoms. The molecule has 2 aromatic carbocycles. The molecule has 0 aliphatic carbocycles. The lowest BCUT2D eigenvalue weighted by atomic mass is 9.88. The van der Waals surface area contributed by atoms with Crippen LogP contribution in [0.3, 0.4) is 0 Å². The van der Waals surface area contributed by atoms with Gasteiger partial charge in [0.2, 0.25) is 0 Å². The van der Waals surface area contributed by atoms with E-state index in [2.05, 4.69) is 27.7 Å². The van der Waals surface area contributed by atoms with Gasteiger partial charge in [0.25, 0.3) is 0 Å². The number of aryl methyl sites for hydroxylation is 2. The Morgan fingerprint density at radius 1 is 0.538 bits per heavy atom. The van der Waals surface area contributed by atoms with Crippen LogP contribution >= 0.6 is 0 Å². The standard InChI is InChI=1S/C18H22O2.2C3H8/c1-9-7-15(11(3)13(5)17(9)19)16-8-10(2)18(20)14(6)12(16)4;2*1-3-2/h7-8,19-20H,1-6H3;2*3H2,1-2H3. The third-order valence-electron chi connectivity index (χ3n) is 4.40. The molecule has 0 saturated heterocycles. The first-order valence-electron chi connectivity index (χ1n) is 9.68. The van der Waals surface area contributed by atoms with Crippen LogP contribution in [-0.2, 0) is 0 Å². The first kappa shape index (κ1) is 24.0. The summed E-state index contributed by atoms with van der Waals surface area (Å²) < 4.78 is 0. The molecule has 0 saturated carbocycles. The fourth-order valence-electron chi connectivity index (χ4n) is 2.70. The number of aromatic hydroxyl groups is 2. The Hall–Kier alpha value is -1.96. The van der Waals surface area contributed by atoms with E-state index in [0.29, 0.717) is 11.5 Å². The van der Waals surface area contributed by atoms with Gasteiger partial charge in [-0.25, -0.2) is 0 Å². The molecule has 0 radical (unpaired) electrons. The Morgan fingerprint density at radius 3 is 1.00 bits per heavy atom. The van der Waals surface area contributed by atoms with Crippen LogP contribution in [0.1, 0.15) is 73.9 Å². The number of phenols is 2. The molecule has 2 heteroatoms. The van der Waals surface area contributed by atoms with Crippen LogP contribution in [0.5, 0.6) is 11.5 Å². The molecule has 0 heterocycles. The average molecular weight is 359 g/mol. The Labute approximate surface area is 160 Å². The lowest BCUT2D eigenvalue weighted by Gasteiger charge is -2.18. The lowest BCUT2D eigenvalue weighted by Crippen LogP contribution is -1.96. The fourth-order valence-corrected chi connectivity index (χ4v) is 2.70. The van der Waals surface area contributed by atoms with Crippen molar-refractivity contribution in [3.63, 3.8) is 0 Å². The zero-order valence-corrected chi connectivity index (χ0v) is 18.5. The van der Waals surface area contributed by atoms with Crippen LogP contribution in [0, 0.1) is 41.5 Å². The zero-order valence-electron chi connectivity index (χ0n) is 18.5. The van der Waals surface area contributed by atoms with Crippen LogP contribution in [0.15, 0.2) is 12.1 Å². The van der Waals surface area contributed by atoms with Crippen molar-refractivity contribution in [2.24, 2.45) is 0 Å². The second kappa shape index (κ2) is 10.9. The van der Waals surface area contributed by atoms with E-state index in [0.717, 1.165) is 44.5 Å². The molecule has 0 aromatic heterocycles. The van der Waals surface area contributed by atoms with Crippen LogP contribution in [0.25, 0.3) is 11.1 Å². The van der Waals surface area contributed by atoms with Gasteiger partial charge in [-0.2, -0.15) is 0 Å². The smallest absolute Gasteiger partial charge is 0.121 e. The van der Waals surface area contributed by atoms with Gasteiger partial charge in [0.05, 0.1) is 0 Å². The van der Waals surface area contributed by atoms with Gasteiger partial charge in [0.1, 0.15) is 11.5 Å². The van der Waals surface area contributed by atoms with Gasteiger partial charge in [-0.1, -0.05) is 40.5 Å². The summed E-state index contributed by atoms with van der Waals surface area (Å²) in [6.07, 6.45) is 2.50. The summed E-state index contributed by atoms with van der Waals surface area (Å²) in [6.45, 7) is 20.3. The van der Waals surface area contributed by atoms with Gasteiger partial charge in [0, 0.05) is 0 Å². The Kier molecular flexibility index (Phi) is 10.1. The van der Waals surface area contributed by atoms with E-state index in [1.165, 1.54) is 12.8 Å². The summed E-state index contributed by atoms with van der Waals surface area (Å²) >= 11 is 0. The van der Waals surface area contributed by atoms with Gasteiger partial charge < -0.3 is 10.2 Å². The number of hydrogen-bond donors (Lipinski definition) is 2. The molecule has 2 nitrogen and oxygen atoms in total. The minimum atomic E-state index is 0.371. The highest BCUT2D eigenvalue weighted by molar-refractivity contribution is 5.76. The first-order chi connectivity index (χ1) is 12.1. The summed E-state index contributed by atoms with van der Waals surface area (Å²) in [6, 6.07) is 4.05. The maximum absolute atomic E-state index is 10.0. The van der Waals surface area contributed by atoms with Crippen molar-refractivity contribution in [3.05, 3.63) is 45.5 Å². The molecule has 0 amide bonds. The van der Waals surface area contributed by atoms with E-state index >= 15 is 0 Å². The summed E-state index contributed by atoms with van der Waals surface area (Å²) in [7, 11) is 0. The molecule has 26 heavy (non-hydrogen) atoms. The fraction of sp³-hybridized carbons (Fsp3) is 0.500. The topological polar surface area (TPSA) is 40.5 Å². The van der Waals surface area contributed by atoms with Gasteiger partial charge in [-0.05, 0) is 98.2 Å². The van der Waals surface area contributed by atoms with Crippen molar-refractivity contribution in [2.75, 3.05) is 0 Å². The Bertz CT molecular complexity index is 664. The largest absolute Gasteiger partial charge is 0.507 e. The molecule has 0 aliphatic rings. The van der Waals surface area contributed by atoms with Crippen molar-refractivity contribution in [1.82, 2.24) is 0 Å². The monoisotopic (exact) mass is 358 g/mol. The predicted molar refractivity (Wildman–Crippen MR) is 116 cm³/mol. The first-order valence-corrected chi connectivity index (χ1v) is 9.68. The van der Waals surface area contributed by atoms with E-state index in [4.69, 9.17) is 0 Å². The highest BCUT2D eigenvalue weighted by Crippen LogP contribution is 2.38. The zero-order chi connectivity index (χ0) is 20.6. The van der Waals surface area contributed by atoms with Crippen LogP contribution in [0.4, 0.5) is 0 Å². The minimum Gasteiger partial charge on any atom is -0.507 e. The molecule has 146 valence electrons. The van der Waals surface area contributed by atoms with Crippen molar-refractivity contribution >= 4 is 0 Å². The number of benzene rings is 2. The van der Waals surface area contributed by atoms with Gasteiger partial charge in [-0.3, -0.25) is 0 Å². The highest BCUT2D eigenvalue weighted by Gasteiger charge is 2.15. The highest BCUT2D eigenvalue weighted by atomic mass is 16.3. The minimum absolute atomic E-state index is 0.371. The van der Waals surface area contributed by atoms with E-state index < -0.39 is 0 Å². The number of phenolic OH excluding ortho intramolecular Hbond substituents is 2. The van der Waals surface area contributed by atoms with Crippen molar-refractivity contribution in [2.45, 2.75) is 82.1 Å². The molecule has 0 unspecified atom stereocenters. The molecule has 2 aromatic rings. The predicted octanol–water partition coefficient (Wildman–Crippen LogP) is 7.45. The van der Waals surface area contributed by atoms with Crippen molar-refractivity contribution < 1.29 is 10.2 Å². The molecule has 2 N–H and O–H groups in total. The summed E-state index contributed by atoms with van der Waals surface area (Å²) in [5.74, 6) is 0.743. The quantitative estimate of drug-likeness (QED) is 0.556. The maximum atomic E-state index is 10.0. The second-order valence-corrected chi connectivity index (χ2v) is 7.09. The molecule has 2 rings (SSSR count). The molecular weight excluding hydrogens is 320 g/mol. The molecule has 0 spiro atoms. The van der Waals surface area contributed by atoms with Crippen LogP contribution < -0.4 is 0 Å². The normalized spacial score (nSPS) is 9.77. The van der Waals surface area contributed by atoms with Gasteiger partial charge >= 0.3 is 0 Å². The molecule has 0 aliphatic heterocycles. The van der Waals surface area contributed by atoms with E-state index in [1.54, 1.807) is 0 Å². The lowest BCUT2D eigenvalue weighted by molar-refractivity contribution is 0.465. The Balaban J connectivity index is 0.000000918. The van der Waals surface area contributed by atoms with Gasteiger partial charge in [-0.15, -0.1) is 0 Å². The number of hydrogen-bond acceptors (Lipinski definition) is 2. The summed E-state index contributed by atoms with van der Waals surface area (Å²) in [4.78, 5) is 0. The maximum Gasteiger partial charge on any atom is 0.121 e. The molecule has 0 atom stereocenters. The SMILES string of the molecule is CCC.CCC.Cc1cc(-c2cc(C)c(O)c(C)c2C)c(C)c(C)c1O. The van der Waals surface area contributed by atoms with Gasteiger partial charge in [0.15, 0.2) is 0 Å². The van der Waals surface area contributed by atoms with Crippen molar-refractivity contribution in [3.8, 4) is 22.6 Å². The summed E-state index contributed by atoms with van der Waals surface area (Å²) in [5, 5.41) is 20.1. The van der Waals surface area contributed by atoms with E-state index in [9.17, 15) is 10.2 Å². The van der Waals surface area contributed by atoms with Crippen LogP contribution in [0.2, 0.25) is 0 Å².